The van der Waals surface area contributed by atoms with Gasteiger partial charge in [0.2, 0.25) is 0 Å². The van der Waals surface area contributed by atoms with Gasteiger partial charge in [-0.25, -0.2) is 9.80 Å². The van der Waals surface area contributed by atoms with Gasteiger partial charge in [-0.15, -0.1) is 22.7 Å². The summed E-state index contributed by atoms with van der Waals surface area (Å²) in [5, 5.41) is 22.0. The van der Waals surface area contributed by atoms with Crippen LogP contribution >= 0.6 is 22.7 Å². The molecular formula is C42H24N4O4S2. The Kier molecular flexibility index (Phi) is 6.56. The third kappa shape index (κ3) is 3.99. The van der Waals surface area contributed by atoms with E-state index < -0.39 is 23.6 Å². The van der Waals surface area contributed by atoms with Gasteiger partial charge < -0.3 is 0 Å². The quantitative estimate of drug-likeness (QED) is 0.166. The summed E-state index contributed by atoms with van der Waals surface area (Å²) in [6, 6.07) is 26.6. The number of anilines is 2. The molecule has 2 aromatic heterocycles. The summed E-state index contributed by atoms with van der Waals surface area (Å²) in [6.45, 7) is 0. The van der Waals surface area contributed by atoms with Crippen LogP contribution in [-0.4, -0.2) is 23.6 Å². The van der Waals surface area contributed by atoms with Crippen molar-refractivity contribution < 1.29 is 19.2 Å². The Labute approximate surface area is 305 Å². The summed E-state index contributed by atoms with van der Waals surface area (Å²) in [6.07, 6.45) is 4.92. The second-order valence-corrected chi connectivity index (χ2v) is 15.5. The normalized spacial score (nSPS) is 15.7. The molecule has 4 aliphatic rings. The van der Waals surface area contributed by atoms with Crippen LogP contribution in [0.3, 0.4) is 0 Å². The van der Waals surface area contributed by atoms with Crippen LogP contribution in [0.25, 0.3) is 33.0 Å². The van der Waals surface area contributed by atoms with Gasteiger partial charge in [0.25, 0.3) is 23.6 Å². The van der Waals surface area contributed by atoms with Gasteiger partial charge in [-0.1, -0.05) is 48.5 Å². The minimum Gasteiger partial charge on any atom is -0.268 e. The summed E-state index contributed by atoms with van der Waals surface area (Å²) in [5.41, 5.74) is 6.95. The molecule has 0 saturated heterocycles. The monoisotopic (exact) mass is 712 g/mol. The van der Waals surface area contributed by atoms with Gasteiger partial charge in [0.15, 0.2) is 0 Å². The van der Waals surface area contributed by atoms with Gasteiger partial charge in [-0.05, 0) is 85.0 Å². The van der Waals surface area contributed by atoms with Crippen molar-refractivity contribution in [3.63, 3.8) is 0 Å². The number of hydrogen-bond acceptors (Lipinski definition) is 8. The number of rotatable bonds is 2. The highest BCUT2D eigenvalue weighted by Crippen LogP contribution is 2.50. The summed E-state index contributed by atoms with van der Waals surface area (Å²) >= 11 is 2.59. The van der Waals surface area contributed by atoms with E-state index in [-0.39, 0.29) is 54.2 Å². The van der Waals surface area contributed by atoms with Gasteiger partial charge in [-0.2, -0.15) is 10.5 Å². The van der Waals surface area contributed by atoms with E-state index in [1.54, 1.807) is 0 Å². The van der Waals surface area contributed by atoms with Gasteiger partial charge >= 0.3 is 0 Å². The zero-order valence-electron chi connectivity index (χ0n) is 27.4. The summed E-state index contributed by atoms with van der Waals surface area (Å²) < 4.78 is 0. The number of benzene rings is 4. The molecule has 2 aliphatic heterocycles. The molecule has 0 N–H and O–H groups in total. The Morgan fingerprint density at radius 2 is 0.846 bits per heavy atom. The average Bonchev–Trinajstić information content (AvgIpc) is 3.57. The van der Waals surface area contributed by atoms with Crippen molar-refractivity contribution >= 4 is 67.1 Å². The smallest absolute Gasteiger partial charge is 0.266 e. The lowest BCUT2D eigenvalue weighted by atomic mass is 9.85. The van der Waals surface area contributed by atoms with E-state index in [9.17, 15) is 29.7 Å². The molecule has 10 heteroatoms. The fraction of sp³-hybridized carbons (Fsp3) is 0.143. The number of carbonyl (C=O) groups is 4. The minimum atomic E-state index is -0.614. The van der Waals surface area contributed by atoms with Crippen LogP contribution in [0, 0.1) is 22.7 Å². The third-order valence-electron chi connectivity index (χ3n) is 10.7. The predicted molar refractivity (Wildman–Crippen MR) is 199 cm³/mol. The van der Waals surface area contributed by atoms with Crippen LogP contribution in [-0.2, 0) is 25.7 Å². The van der Waals surface area contributed by atoms with Crippen LogP contribution in [0.5, 0.6) is 0 Å². The molecule has 248 valence electrons. The fourth-order valence-electron chi connectivity index (χ4n) is 8.46. The number of hydrogen-bond donors (Lipinski definition) is 0. The fourth-order valence-corrected chi connectivity index (χ4v) is 11.1. The lowest BCUT2D eigenvalue weighted by molar-refractivity contribution is 0.0874. The molecular weight excluding hydrogens is 689 g/mol. The van der Waals surface area contributed by atoms with Gasteiger partial charge in [0.05, 0.1) is 11.1 Å². The Balaban J connectivity index is 1.11. The first kappa shape index (κ1) is 30.6. The van der Waals surface area contributed by atoms with E-state index in [2.05, 4.69) is 12.1 Å². The van der Waals surface area contributed by atoms with Crippen molar-refractivity contribution in [3.8, 4) is 34.4 Å². The number of nitriles is 2. The first-order chi connectivity index (χ1) is 25.4. The highest BCUT2D eigenvalue weighted by molar-refractivity contribution is 7.18. The first-order valence-electron chi connectivity index (χ1n) is 17.1. The number of nitrogens with zero attached hydrogens (tertiary/aromatic N) is 4. The maximum absolute atomic E-state index is 14.4. The van der Waals surface area contributed by atoms with Crippen LogP contribution in [0.4, 0.5) is 10.0 Å². The SMILES string of the molecule is N#Cc1c(N2C(=O)c3ccc4c5c(ccc(c35)C2=O)C(=O)N(c2sc3c(c2C#N)-c2ccccc2CCC3)C4=O)sc2c1-c1ccccc1CCC2. The Morgan fingerprint density at radius 3 is 1.21 bits per heavy atom. The topological polar surface area (TPSA) is 122 Å². The molecule has 4 amide bonds. The highest BCUT2D eigenvalue weighted by atomic mass is 32.1. The molecule has 0 radical (unpaired) electrons. The van der Waals surface area contributed by atoms with Crippen molar-refractivity contribution in [2.24, 2.45) is 0 Å². The number of amides is 4. The molecule has 10 rings (SSSR count). The molecule has 0 spiro atoms. The first-order valence-corrected chi connectivity index (χ1v) is 18.7. The van der Waals surface area contributed by atoms with Crippen molar-refractivity contribution in [1.29, 1.82) is 10.5 Å². The van der Waals surface area contributed by atoms with Crippen molar-refractivity contribution in [1.82, 2.24) is 0 Å². The van der Waals surface area contributed by atoms with Gasteiger partial charge in [0.1, 0.15) is 22.1 Å². The number of imide groups is 2. The van der Waals surface area contributed by atoms with Crippen LogP contribution in [0.15, 0.2) is 72.8 Å². The molecule has 0 bridgehead atoms. The molecule has 0 atom stereocenters. The van der Waals surface area contributed by atoms with E-state index in [1.807, 2.05) is 48.5 Å². The van der Waals surface area contributed by atoms with Gasteiger partial charge in [0, 0.05) is 53.9 Å². The number of fused-ring (bicyclic) bond motifs is 6. The molecule has 0 unspecified atom stereocenters. The van der Waals surface area contributed by atoms with Crippen molar-refractivity contribution in [3.05, 3.63) is 127 Å². The number of thiophene rings is 2. The molecule has 8 nitrogen and oxygen atoms in total. The maximum Gasteiger partial charge on any atom is 0.266 e. The lowest BCUT2D eigenvalue weighted by Crippen LogP contribution is -2.43. The molecule has 2 aliphatic carbocycles. The van der Waals surface area contributed by atoms with Crippen LogP contribution in [0.1, 0.15) is 86.3 Å². The van der Waals surface area contributed by atoms with Crippen LogP contribution < -0.4 is 9.80 Å². The second kappa shape index (κ2) is 11.1. The maximum atomic E-state index is 14.4. The third-order valence-corrected chi connectivity index (χ3v) is 13.2. The number of aryl methyl sites for hydroxylation is 4. The van der Waals surface area contributed by atoms with Gasteiger partial charge in [-0.3, -0.25) is 19.2 Å². The molecule has 6 aromatic rings. The Bertz CT molecular complexity index is 2520. The zero-order valence-corrected chi connectivity index (χ0v) is 29.0. The van der Waals surface area contributed by atoms with Crippen molar-refractivity contribution in [2.45, 2.75) is 38.5 Å². The molecule has 0 saturated carbocycles. The summed E-state index contributed by atoms with van der Waals surface area (Å²) in [7, 11) is 0. The lowest BCUT2D eigenvalue weighted by Gasteiger charge is -2.31. The molecule has 52 heavy (non-hydrogen) atoms. The largest absolute Gasteiger partial charge is 0.268 e. The van der Waals surface area contributed by atoms with E-state index in [1.165, 1.54) is 46.9 Å². The van der Waals surface area contributed by atoms with E-state index >= 15 is 0 Å². The molecule has 0 fully saturated rings. The standard InChI is InChI=1S/C42H24N4O4S2/c43-19-29-33-23-11-3-1-7-21(23)9-5-13-31(33)51-41(29)45-37(47)25-15-17-27-36-28(18-16-26(35(25)36)38(45)48)40(50)46(39(27)49)42-30(20-44)34-24-12-4-2-8-22(24)10-6-14-32(34)52-42/h1-4,7-8,11-12,15-18H,5-6,9-10,13-14H2. The van der Waals surface area contributed by atoms with E-state index in [0.29, 0.717) is 12.8 Å². The molecule has 4 heterocycles. The Morgan fingerprint density at radius 1 is 0.481 bits per heavy atom. The van der Waals surface area contributed by atoms with E-state index in [0.717, 1.165) is 78.6 Å². The zero-order chi connectivity index (χ0) is 35.4. The summed E-state index contributed by atoms with van der Waals surface area (Å²) in [5.74, 6) is -2.45. The Hall–Kier alpha value is -6.20. The number of carbonyl (C=O) groups excluding carboxylic acids is 4. The average molecular weight is 713 g/mol. The second-order valence-electron chi connectivity index (χ2n) is 13.4. The predicted octanol–water partition coefficient (Wildman–Crippen LogP) is 8.62. The molecule has 4 aromatic carbocycles. The van der Waals surface area contributed by atoms with E-state index in [4.69, 9.17) is 0 Å². The minimum absolute atomic E-state index is 0.175. The van der Waals surface area contributed by atoms with Crippen LogP contribution in [0.2, 0.25) is 0 Å². The highest BCUT2D eigenvalue weighted by Gasteiger charge is 2.44. The van der Waals surface area contributed by atoms with Crippen molar-refractivity contribution in [2.75, 3.05) is 9.80 Å². The summed E-state index contributed by atoms with van der Waals surface area (Å²) in [4.78, 5) is 61.7.